The van der Waals surface area contributed by atoms with Gasteiger partial charge in [-0.15, -0.1) is 0 Å². The zero-order valence-corrected chi connectivity index (χ0v) is 15.9. The molecule has 0 aliphatic carbocycles. The summed E-state index contributed by atoms with van der Waals surface area (Å²) < 4.78 is 31.3. The van der Waals surface area contributed by atoms with Crippen molar-refractivity contribution in [2.24, 2.45) is 5.41 Å². The number of ether oxygens (including phenoxy) is 1. The molecule has 3 rings (SSSR count). The van der Waals surface area contributed by atoms with Crippen LogP contribution in [0, 0.1) is 5.41 Å². The Balaban J connectivity index is 1.55. The fourth-order valence-electron chi connectivity index (χ4n) is 3.89. The molecule has 0 N–H and O–H groups in total. The summed E-state index contributed by atoms with van der Waals surface area (Å²) in [6, 6.07) is 0. The average Bonchev–Trinajstić information content (AvgIpc) is 2.89. The lowest BCUT2D eigenvalue weighted by Crippen LogP contribution is -2.71. The van der Waals surface area contributed by atoms with Crippen LogP contribution in [0.1, 0.15) is 40.0 Å². The molecule has 3 heterocycles. The van der Waals surface area contributed by atoms with Crippen LogP contribution >= 0.6 is 0 Å². The van der Waals surface area contributed by atoms with E-state index >= 15 is 0 Å². The first-order chi connectivity index (χ1) is 11.1. The molecule has 3 fully saturated rings. The van der Waals surface area contributed by atoms with Gasteiger partial charge in [-0.25, -0.2) is 8.42 Å². The van der Waals surface area contributed by atoms with Crippen LogP contribution in [-0.2, 0) is 19.4 Å². The normalized spacial score (nSPS) is 29.6. The third-order valence-electron chi connectivity index (χ3n) is 5.20. The third-order valence-corrected chi connectivity index (χ3v) is 7.43. The Kier molecular flexibility index (Phi) is 4.73. The second-order valence-electron chi connectivity index (χ2n) is 8.92. The van der Waals surface area contributed by atoms with Gasteiger partial charge in [0, 0.05) is 13.0 Å². The van der Waals surface area contributed by atoms with Crippen LogP contribution in [0.15, 0.2) is 0 Å². The van der Waals surface area contributed by atoms with Gasteiger partial charge in [0.15, 0.2) is 9.84 Å². The van der Waals surface area contributed by atoms with Crippen molar-refractivity contribution in [1.29, 1.82) is 0 Å². The first-order valence-corrected chi connectivity index (χ1v) is 10.7. The molecule has 3 aliphatic heterocycles. The van der Waals surface area contributed by atoms with Crippen molar-refractivity contribution >= 4 is 15.7 Å². The molecule has 1 spiro atoms. The van der Waals surface area contributed by atoms with Crippen molar-refractivity contribution in [3.63, 3.8) is 0 Å². The Bertz CT molecular complexity index is 584. The molecule has 0 saturated carbocycles. The summed E-state index contributed by atoms with van der Waals surface area (Å²) in [5.74, 6) is 0.144. The summed E-state index contributed by atoms with van der Waals surface area (Å²) in [5.41, 5.74) is -0.714. The van der Waals surface area contributed by atoms with Gasteiger partial charge in [-0.2, -0.15) is 0 Å². The molecule has 1 amide bonds. The highest BCUT2D eigenvalue weighted by Crippen LogP contribution is 2.34. The van der Waals surface area contributed by atoms with Crippen molar-refractivity contribution in [3.8, 4) is 0 Å². The van der Waals surface area contributed by atoms with Crippen LogP contribution in [-0.4, -0.2) is 80.1 Å². The number of carbonyl (C=O) groups excluding carboxylic acids is 1. The van der Waals surface area contributed by atoms with E-state index in [1.165, 1.54) is 0 Å². The zero-order valence-electron chi connectivity index (χ0n) is 15.1. The highest BCUT2D eigenvalue weighted by atomic mass is 32.2. The van der Waals surface area contributed by atoms with E-state index in [-0.39, 0.29) is 23.7 Å². The summed E-state index contributed by atoms with van der Waals surface area (Å²) in [5, 5.41) is -0.416. The Hall–Kier alpha value is -0.660. The highest BCUT2D eigenvalue weighted by molar-refractivity contribution is 7.92. The molecule has 0 aromatic carbocycles. The minimum atomic E-state index is -3.17. The van der Waals surface area contributed by atoms with Gasteiger partial charge in [0.2, 0.25) is 5.91 Å². The SMILES string of the molecule is CC(C)(C)CC(=O)N1CC2(C1)CS(=O)(=O)[C@@H](CN1CCCC1)CO2. The highest BCUT2D eigenvalue weighted by Gasteiger charge is 2.54. The van der Waals surface area contributed by atoms with Crippen LogP contribution in [0.4, 0.5) is 0 Å². The van der Waals surface area contributed by atoms with Gasteiger partial charge in [-0.1, -0.05) is 20.8 Å². The monoisotopic (exact) mass is 358 g/mol. The van der Waals surface area contributed by atoms with Crippen molar-refractivity contribution in [3.05, 3.63) is 0 Å². The number of hydrogen-bond acceptors (Lipinski definition) is 5. The van der Waals surface area contributed by atoms with Crippen LogP contribution in [0.25, 0.3) is 0 Å². The molecule has 0 unspecified atom stereocenters. The van der Waals surface area contributed by atoms with Crippen LogP contribution in [0.5, 0.6) is 0 Å². The Morgan fingerprint density at radius 1 is 1.21 bits per heavy atom. The van der Waals surface area contributed by atoms with Crippen molar-refractivity contribution in [1.82, 2.24) is 9.80 Å². The van der Waals surface area contributed by atoms with Crippen LogP contribution in [0.2, 0.25) is 0 Å². The first-order valence-electron chi connectivity index (χ1n) is 8.94. The molecule has 3 saturated heterocycles. The van der Waals surface area contributed by atoms with E-state index in [1.807, 2.05) is 20.8 Å². The molecule has 0 bridgehead atoms. The smallest absolute Gasteiger partial charge is 0.223 e. The molecular formula is C17H30N2O4S. The molecule has 0 radical (unpaired) electrons. The largest absolute Gasteiger partial charge is 0.369 e. The maximum atomic E-state index is 12.7. The molecule has 7 heteroatoms. The first kappa shape index (κ1) is 18.1. The second kappa shape index (κ2) is 6.25. The van der Waals surface area contributed by atoms with E-state index in [0.717, 1.165) is 25.9 Å². The summed E-state index contributed by atoms with van der Waals surface area (Å²) >= 11 is 0. The number of hydrogen-bond donors (Lipinski definition) is 0. The minimum absolute atomic E-state index is 0.0534. The lowest BCUT2D eigenvalue weighted by molar-refractivity contribution is -0.166. The van der Waals surface area contributed by atoms with E-state index in [4.69, 9.17) is 4.74 Å². The maximum absolute atomic E-state index is 12.7. The molecule has 24 heavy (non-hydrogen) atoms. The van der Waals surface area contributed by atoms with Gasteiger partial charge in [0.05, 0.1) is 30.7 Å². The van der Waals surface area contributed by atoms with Crippen molar-refractivity contribution < 1.29 is 17.9 Å². The van der Waals surface area contributed by atoms with Crippen LogP contribution < -0.4 is 0 Å². The van der Waals surface area contributed by atoms with E-state index in [0.29, 0.717) is 26.1 Å². The molecule has 0 aromatic rings. The van der Waals surface area contributed by atoms with Gasteiger partial charge >= 0.3 is 0 Å². The lowest BCUT2D eigenvalue weighted by Gasteiger charge is -2.52. The summed E-state index contributed by atoms with van der Waals surface area (Å²) in [6.45, 7) is 9.76. The summed E-state index contributed by atoms with van der Waals surface area (Å²) in [7, 11) is -3.17. The number of carbonyl (C=O) groups is 1. The number of nitrogens with zero attached hydrogens (tertiary/aromatic N) is 2. The van der Waals surface area contributed by atoms with Gasteiger partial charge < -0.3 is 14.5 Å². The lowest BCUT2D eigenvalue weighted by atomic mass is 9.89. The van der Waals surface area contributed by atoms with Gasteiger partial charge in [-0.05, 0) is 31.3 Å². The fraction of sp³-hybridized carbons (Fsp3) is 0.941. The van der Waals surface area contributed by atoms with Crippen molar-refractivity contribution in [2.45, 2.75) is 50.9 Å². The predicted molar refractivity (Wildman–Crippen MR) is 92.6 cm³/mol. The standard InChI is InChI=1S/C17H30N2O4S/c1-16(2,3)8-15(20)19-11-17(12-19)13-24(21,22)14(10-23-17)9-18-6-4-5-7-18/h14H,4-13H2,1-3H3/t14-/m0/s1. The minimum Gasteiger partial charge on any atom is -0.369 e. The van der Waals surface area contributed by atoms with Crippen molar-refractivity contribution in [2.75, 3.05) is 45.1 Å². The van der Waals surface area contributed by atoms with E-state index in [2.05, 4.69) is 4.90 Å². The summed E-state index contributed by atoms with van der Waals surface area (Å²) in [4.78, 5) is 16.2. The maximum Gasteiger partial charge on any atom is 0.223 e. The van der Waals surface area contributed by atoms with E-state index < -0.39 is 20.7 Å². The van der Waals surface area contributed by atoms with E-state index in [1.54, 1.807) is 4.90 Å². The number of sulfone groups is 1. The predicted octanol–water partition coefficient (Wildman–Crippen LogP) is 0.913. The zero-order chi connectivity index (χ0) is 17.6. The number of amides is 1. The quantitative estimate of drug-likeness (QED) is 0.750. The average molecular weight is 359 g/mol. The fourth-order valence-corrected chi connectivity index (χ4v) is 5.84. The molecule has 6 nitrogen and oxygen atoms in total. The Morgan fingerprint density at radius 3 is 2.38 bits per heavy atom. The molecule has 3 aliphatic rings. The molecule has 1 atom stereocenters. The second-order valence-corrected chi connectivity index (χ2v) is 11.2. The number of rotatable bonds is 3. The van der Waals surface area contributed by atoms with E-state index in [9.17, 15) is 13.2 Å². The Morgan fingerprint density at radius 2 is 1.83 bits per heavy atom. The third kappa shape index (κ3) is 3.94. The molecular weight excluding hydrogens is 328 g/mol. The number of likely N-dealkylation sites (tertiary alicyclic amines) is 2. The molecule has 138 valence electrons. The topological polar surface area (TPSA) is 66.9 Å². The van der Waals surface area contributed by atoms with Gasteiger partial charge in [-0.3, -0.25) is 4.79 Å². The molecule has 0 aromatic heterocycles. The van der Waals surface area contributed by atoms with Crippen LogP contribution in [0.3, 0.4) is 0 Å². The summed E-state index contributed by atoms with van der Waals surface area (Å²) in [6.07, 6.45) is 2.79. The van der Waals surface area contributed by atoms with Gasteiger partial charge in [0.25, 0.3) is 0 Å². The van der Waals surface area contributed by atoms with Gasteiger partial charge in [0.1, 0.15) is 5.60 Å². The Labute approximate surface area is 145 Å².